The van der Waals surface area contributed by atoms with Crippen molar-refractivity contribution < 1.29 is 14.4 Å². The van der Waals surface area contributed by atoms with Gasteiger partial charge in [-0.1, -0.05) is 20.8 Å². The van der Waals surface area contributed by atoms with Crippen LogP contribution in [0.1, 0.15) is 33.6 Å². The number of nitrogens with zero attached hydrogens (tertiary/aromatic N) is 1. The molecule has 1 atom stereocenters. The quantitative estimate of drug-likeness (QED) is 0.504. The topological polar surface area (TPSA) is 105 Å². The number of primary amides is 1. The van der Waals surface area contributed by atoms with Gasteiger partial charge < -0.3 is 16.4 Å². The smallest absolute Gasteiger partial charge is 0.243 e. The van der Waals surface area contributed by atoms with E-state index in [4.69, 9.17) is 5.73 Å². The number of carbonyl (C=O) groups excluding carboxylic acids is 3. The monoisotopic (exact) mass is 300 g/mol. The highest BCUT2D eigenvalue weighted by Crippen LogP contribution is 2.07. The van der Waals surface area contributed by atoms with Crippen LogP contribution >= 0.6 is 0 Å². The van der Waals surface area contributed by atoms with E-state index >= 15 is 0 Å². The lowest BCUT2D eigenvalue weighted by Gasteiger charge is -2.21. The summed E-state index contributed by atoms with van der Waals surface area (Å²) in [6.45, 7) is 6.80. The Kier molecular flexibility index (Phi) is 9.36. The van der Waals surface area contributed by atoms with Crippen LogP contribution in [-0.4, -0.2) is 55.3 Å². The van der Waals surface area contributed by atoms with Crippen molar-refractivity contribution in [2.24, 2.45) is 11.7 Å². The lowest BCUT2D eigenvalue weighted by Crippen LogP contribution is -2.50. The Morgan fingerprint density at radius 2 is 1.81 bits per heavy atom. The lowest BCUT2D eigenvalue weighted by molar-refractivity contribution is -0.130. The molecule has 21 heavy (non-hydrogen) atoms. The van der Waals surface area contributed by atoms with Gasteiger partial charge in [0.2, 0.25) is 17.7 Å². The molecule has 4 N–H and O–H groups in total. The van der Waals surface area contributed by atoms with Crippen LogP contribution in [0.5, 0.6) is 0 Å². The van der Waals surface area contributed by atoms with Crippen molar-refractivity contribution in [2.75, 3.05) is 26.7 Å². The summed E-state index contributed by atoms with van der Waals surface area (Å²) in [5.74, 6) is -0.765. The molecule has 7 nitrogen and oxygen atoms in total. The molecule has 0 aromatic carbocycles. The van der Waals surface area contributed by atoms with Gasteiger partial charge in [-0.25, -0.2) is 0 Å². The second kappa shape index (κ2) is 10.1. The first-order chi connectivity index (χ1) is 9.76. The van der Waals surface area contributed by atoms with Gasteiger partial charge in [0.1, 0.15) is 6.04 Å². The molecular formula is C14H28N4O3. The minimum atomic E-state index is -0.635. The number of nitrogens with two attached hydrogens (primary N) is 1. The van der Waals surface area contributed by atoms with Gasteiger partial charge in [0.25, 0.3) is 0 Å². The average Bonchev–Trinajstić information content (AvgIpc) is 2.40. The number of hydrogen-bond acceptors (Lipinski definition) is 4. The first-order valence-corrected chi connectivity index (χ1v) is 7.30. The second-order valence-electron chi connectivity index (χ2n) is 5.61. The molecule has 7 heteroatoms. The molecule has 0 bridgehead atoms. The molecule has 0 aliphatic carbocycles. The van der Waals surface area contributed by atoms with E-state index in [1.54, 1.807) is 0 Å². The molecule has 122 valence electrons. The molecule has 3 amide bonds. The molecule has 0 aliphatic heterocycles. The van der Waals surface area contributed by atoms with Crippen molar-refractivity contribution in [1.29, 1.82) is 0 Å². The first-order valence-electron chi connectivity index (χ1n) is 7.30. The van der Waals surface area contributed by atoms with E-state index in [0.29, 0.717) is 12.3 Å². The predicted octanol–water partition coefficient (Wildman–Crippen LogP) is -0.539. The Hall–Kier alpha value is -1.63. The zero-order chi connectivity index (χ0) is 16.4. The maximum absolute atomic E-state index is 12.0. The van der Waals surface area contributed by atoms with E-state index in [9.17, 15) is 14.4 Å². The van der Waals surface area contributed by atoms with Crippen molar-refractivity contribution in [3.63, 3.8) is 0 Å². The maximum atomic E-state index is 12.0. The van der Waals surface area contributed by atoms with E-state index < -0.39 is 11.9 Å². The van der Waals surface area contributed by atoms with Crippen LogP contribution in [0.4, 0.5) is 0 Å². The first kappa shape index (κ1) is 19.4. The van der Waals surface area contributed by atoms with Crippen molar-refractivity contribution >= 4 is 17.7 Å². The zero-order valence-corrected chi connectivity index (χ0v) is 13.4. The van der Waals surface area contributed by atoms with Crippen LogP contribution in [0.15, 0.2) is 0 Å². The van der Waals surface area contributed by atoms with Crippen LogP contribution in [0.2, 0.25) is 0 Å². The lowest BCUT2D eigenvalue weighted by atomic mass is 10.0. The van der Waals surface area contributed by atoms with Crippen molar-refractivity contribution in [2.45, 2.75) is 39.7 Å². The Morgan fingerprint density at radius 3 is 2.29 bits per heavy atom. The highest BCUT2D eigenvalue weighted by atomic mass is 16.2. The van der Waals surface area contributed by atoms with Crippen LogP contribution < -0.4 is 16.4 Å². The number of carbonyl (C=O) groups is 3. The summed E-state index contributed by atoms with van der Waals surface area (Å²) >= 11 is 0. The average molecular weight is 300 g/mol. The fourth-order valence-electron chi connectivity index (χ4n) is 1.66. The third-order valence-electron chi connectivity index (χ3n) is 3.07. The van der Waals surface area contributed by atoms with Crippen LogP contribution in [0.3, 0.4) is 0 Å². The van der Waals surface area contributed by atoms with Gasteiger partial charge in [0.15, 0.2) is 0 Å². The third kappa shape index (κ3) is 9.84. The molecule has 0 aromatic rings. The summed E-state index contributed by atoms with van der Waals surface area (Å²) in [5, 5.41) is 5.15. The van der Waals surface area contributed by atoms with E-state index in [2.05, 4.69) is 10.6 Å². The Bertz CT molecular complexity index is 358. The predicted molar refractivity (Wildman–Crippen MR) is 81.4 cm³/mol. The highest BCUT2D eigenvalue weighted by molar-refractivity contribution is 5.90. The van der Waals surface area contributed by atoms with Gasteiger partial charge in [-0.05, 0) is 32.4 Å². The van der Waals surface area contributed by atoms with Crippen molar-refractivity contribution in [1.82, 2.24) is 15.5 Å². The normalized spacial score (nSPS) is 12.3. The van der Waals surface area contributed by atoms with E-state index in [1.807, 2.05) is 32.7 Å². The molecular weight excluding hydrogens is 272 g/mol. The van der Waals surface area contributed by atoms with E-state index in [-0.39, 0.29) is 24.9 Å². The standard InChI is InChI=1S/C14H28N4O3/c1-5-18(4)9-13(20)17-11(7-6-10(2)3)14(21)16-8-12(15)19/h10-11H,5-9H2,1-4H3,(H2,15,19)(H,16,21)(H,17,20)/t11-/m0/s1. The van der Waals surface area contributed by atoms with Gasteiger partial charge >= 0.3 is 0 Å². The molecule has 0 heterocycles. The number of rotatable bonds is 10. The minimum absolute atomic E-state index is 0.206. The molecule has 0 fully saturated rings. The third-order valence-corrected chi connectivity index (χ3v) is 3.07. The molecule has 0 rings (SSSR count). The van der Waals surface area contributed by atoms with Gasteiger partial charge in [-0.15, -0.1) is 0 Å². The maximum Gasteiger partial charge on any atom is 0.243 e. The summed E-state index contributed by atoms with van der Waals surface area (Å²) in [7, 11) is 1.83. The Labute approximate surface area is 126 Å². The second-order valence-corrected chi connectivity index (χ2v) is 5.61. The van der Waals surface area contributed by atoms with Crippen LogP contribution in [-0.2, 0) is 14.4 Å². The van der Waals surface area contributed by atoms with E-state index in [1.165, 1.54) is 0 Å². The fourth-order valence-corrected chi connectivity index (χ4v) is 1.66. The van der Waals surface area contributed by atoms with Gasteiger partial charge in [-0.3, -0.25) is 19.3 Å². The molecule has 0 aromatic heterocycles. The molecule has 0 saturated carbocycles. The molecule has 0 unspecified atom stereocenters. The van der Waals surface area contributed by atoms with Gasteiger partial charge in [0.05, 0.1) is 13.1 Å². The number of likely N-dealkylation sites (N-methyl/N-ethyl adjacent to an activating group) is 1. The highest BCUT2D eigenvalue weighted by Gasteiger charge is 2.21. The van der Waals surface area contributed by atoms with E-state index in [0.717, 1.165) is 13.0 Å². The van der Waals surface area contributed by atoms with Crippen LogP contribution in [0.25, 0.3) is 0 Å². The summed E-state index contributed by atoms with van der Waals surface area (Å²) in [6, 6.07) is -0.635. The summed E-state index contributed by atoms with van der Waals surface area (Å²) in [5.41, 5.74) is 5.00. The van der Waals surface area contributed by atoms with Crippen LogP contribution in [0, 0.1) is 5.92 Å². The zero-order valence-electron chi connectivity index (χ0n) is 13.4. The summed E-state index contributed by atoms with van der Waals surface area (Å²) in [6.07, 6.45) is 1.34. The molecule has 0 saturated heterocycles. The van der Waals surface area contributed by atoms with Crippen molar-refractivity contribution in [3.8, 4) is 0 Å². The van der Waals surface area contributed by atoms with Gasteiger partial charge in [0, 0.05) is 0 Å². The molecule has 0 aliphatic rings. The SMILES string of the molecule is CCN(C)CC(=O)N[C@@H](CCC(C)C)C(=O)NCC(N)=O. The Morgan fingerprint density at radius 1 is 1.19 bits per heavy atom. The summed E-state index contributed by atoms with van der Waals surface area (Å²) < 4.78 is 0. The Balaban J connectivity index is 4.53. The van der Waals surface area contributed by atoms with Crippen molar-refractivity contribution in [3.05, 3.63) is 0 Å². The molecule has 0 spiro atoms. The minimum Gasteiger partial charge on any atom is -0.368 e. The largest absolute Gasteiger partial charge is 0.368 e. The van der Waals surface area contributed by atoms with Gasteiger partial charge in [-0.2, -0.15) is 0 Å². The molecule has 0 radical (unpaired) electrons. The number of amides is 3. The fraction of sp³-hybridized carbons (Fsp3) is 0.786. The summed E-state index contributed by atoms with van der Waals surface area (Å²) in [4.78, 5) is 36.4. The number of hydrogen-bond donors (Lipinski definition) is 3. The number of nitrogens with one attached hydrogen (secondary N) is 2.